The molecule has 0 spiro atoms. The molecule has 1 aliphatic heterocycles. The number of likely N-dealkylation sites (tertiary alicyclic amines) is 1. The zero-order valence-electron chi connectivity index (χ0n) is 10.4. The van der Waals surface area contributed by atoms with Crippen molar-refractivity contribution < 1.29 is 4.79 Å². The maximum absolute atomic E-state index is 11.2. The summed E-state index contributed by atoms with van der Waals surface area (Å²) in [6, 6.07) is 0. The second-order valence-electron chi connectivity index (χ2n) is 5.55. The average molecular weight is 223 g/mol. The Kier molecular flexibility index (Phi) is 4.83. The highest BCUT2D eigenvalue weighted by atomic mass is 16.1. The number of rotatable bonds is 2. The first kappa shape index (κ1) is 12.1. The number of nitrogens with zero attached hydrogens (tertiary/aromatic N) is 1. The fourth-order valence-corrected chi connectivity index (χ4v) is 3.07. The van der Waals surface area contributed by atoms with Crippen LogP contribution in [0.5, 0.6) is 0 Å². The number of Topliss-reactive ketones (excluding diaryl/α,β-unsaturated/α-hetero) is 1. The minimum absolute atomic E-state index is 0.467. The van der Waals surface area contributed by atoms with Crippen LogP contribution >= 0.6 is 0 Å². The highest BCUT2D eigenvalue weighted by Gasteiger charge is 2.20. The topological polar surface area (TPSA) is 20.3 Å². The van der Waals surface area contributed by atoms with Gasteiger partial charge in [-0.3, -0.25) is 4.79 Å². The largest absolute Gasteiger partial charge is 0.302 e. The molecule has 0 bridgehead atoms. The smallest absolute Gasteiger partial charge is 0.135 e. The third kappa shape index (κ3) is 3.89. The van der Waals surface area contributed by atoms with Crippen molar-refractivity contribution in [2.24, 2.45) is 5.92 Å². The SMILES string of the molecule is O=C1CCN(CC2CCCCCCC2)CC1. The summed E-state index contributed by atoms with van der Waals surface area (Å²) < 4.78 is 0. The van der Waals surface area contributed by atoms with E-state index in [9.17, 15) is 4.79 Å². The number of ketones is 1. The quantitative estimate of drug-likeness (QED) is 0.717. The van der Waals surface area contributed by atoms with Gasteiger partial charge in [-0.15, -0.1) is 0 Å². The van der Waals surface area contributed by atoms with Crippen molar-refractivity contribution in [2.75, 3.05) is 19.6 Å². The molecule has 92 valence electrons. The van der Waals surface area contributed by atoms with Crippen LogP contribution in [-0.2, 0) is 4.79 Å². The zero-order valence-corrected chi connectivity index (χ0v) is 10.4. The summed E-state index contributed by atoms with van der Waals surface area (Å²) in [5.41, 5.74) is 0. The molecule has 1 saturated carbocycles. The molecule has 0 amide bonds. The van der Waals surface area contributed by atoms with Gasteiger partial charge >= 0.3 is 0 Å². The van der Waals surface area contributed by atoms with E-state index in [0.717, 1.165) is 31.8 Å². The zero-order chi connectivity index (χ0) is 11.2. The Labute approximate surface area is 99.4 Å². The van der Waals surface area contributed by atoms with Crippen LogP contribution in [0, 0.1) is 5.92 Å². The Balaban J connectivity index is 1.72. The van der Waals surface area contributed by atoms with Gasteiger partial charge in [-0.05, 0) is 18.8 Å². The van der Waals surface area contributed by atoms with Crippen LogP contribution in [0.4, 0.5) is 0 Å². The molecule has 2 aliphatic rings. The van der Waals surface area contributed by atoms with Crippen LogP contribution in [0.1, 0.15) is 57.8 Å². The Morgan fingerprint density at radius 1 is 0.938 bits per heavy atom. The minimum atomic E-state index is 0.467. The van der Waals surface area contributed by atoms with Gasteiger partial charge in [0.05, 0.1) is 0 Å². The van der Waals surface area contributed by atoms with Gasteiger partial charge < -0.3 is 4.90 Å². The van der Waals surface area contributed by atoms with Crippen LogP contribution in [-0.4, -0.2) is 30.3 Å². The molecule has 1 aliphatic carbocycles. The van der Waals surface area contributed by atoms with Crippen molar-refractivity contribution >= 4 is 5.78 Å². The number of piperidine rings is 1. The van der Waals surface area contributed by atoms with Gasteiger partial charge in [0.25, 0.3) is 0 Å². The molecule has 1 saturated heterocycles. The molecule has 2 nitrogen and oxygen atoms in total. The van der Waals surface area contributed by atoms with Gasteiger partial charge in [-0.1, -0.05) is 32.1 Å². The molecule has 0 aromatic heterocycles. The lowest BCUT2D eigenvalue weighted by atomic mass is 9.90. The highest BCUT2D eigenvalue weighted by Crippen LogP contribution is 2.23. The fraction of sp³-hybridized carbons (Fsp3) is 0.929. The Morgan fingerprint density at radius 2 is 1.50 bits per heavy atom. The Bertz CT molecular complexity index is 209. The lowest BCUT2D eigenvalue weighted by molar-refractivity contribution is -0.121. The third-order valence-corrected chi connectivity index (χ3v) is 4.15. The molecule has 2 fully saturated rings. The predicted molar refractivity (Wildman–Crippen MR) is 66.5 cm³/mol. The van der Waals surface area contributed by atoms with E-state index >= 15 is 0 Å². The van der Waals surface area contributed by atoms with Crippen LogP contribution < -0.4 is 0 Å². The van der Waals surface area contributed by atoms with Crippen LogP contribution in [0.3, 0.4) is 0 Å². The number of hydrogen-bond acceptors (Lipinski definition) is 2. The summed E-state index contributed by atoms with van der Waals surface area (Å²) in [4.78, 5) is 13.7. The molecule has 16 heavy (non-hydrogen) atoms. The molecule has 1 heterocycles. The predicted octanol–water partition coefficient (Wildman–Crippen LogP) is 3.01. The minimum Gasteiger partial charge on any atom is -0.302 e. The van der Waals surface area contributed by atoms with E-state index in [2.05, 4.69) is 4.90 Å². The van der Waals surface area contributed by atoms with Crippen LogP contribution in [0.15, 0.2) is 0 Å². The molecule has 0 aromatic carbocycles. The van der Waals surface area contributed by atoms with Crippen LogP contribution in [0.2, 0.25) is 0 Å². The van der Waals surface area contributed by atoms with Crippen molar-refractivity contribution in [3.05, 3.63) is 0 Å². The van der Waals surface area contributed by atoms with Gasteiger partial charge in [-0.2, -0.15) is 0 Å². The van der Waals surface area contributed by atoms with Gasteiger partial charge in [-0.25, -0.2) is 0 Å². The first-order chi connectivity index (χ1) is 7.84. The lowest BCUT2D eigenvalue weighted by Crippen LogP contribution is -2.37. The second kappa shape index (κ2) is 6.39. The van der Waals surface area contributed by atoms with E-state index in [0.29, 0.717) is 5.78 Å². The number of carbonyl (C=O) groups excluding carboxylic acids is 1. The van der Waals surface area contributed by atoms with Gasteiger partial charge in [0.15, 0.2) is 0 Å². The van der Waals surface area contributed by atoms with E-state index in [4.69, 9.17) is 0 Å². The molecular formula is C14H25NO. The van der Waals surface area contributed by atoms with E-state index in [1.807, 2.05) is 0 Å². The molecule has 0 atom stereocenters. The summed E-state index contributed by atoms with van der Waals surface area (Å²) in [6.07, 6.45) is 11.6. The maximum atomic E-state index is 11.2. The van der Waals surface area contributed by atoms with Gasteiger partial charge in [0.2, 0.25) is 0 Å². The van der Waals surface area contributed by atoms with Crippen LogP contribution in [0.25, 0.3) is 0 Å². The summed E-state index contributed by atoms with van der Waals surface area (Å²) in [6.45, 7) is 3.30. The van der Waals surface area contributed by atoms with Crippen molar-refractivity contribution in [2.45, 2.75) is 57.8 Å². The summed E-state index contributed by atoms with van der Waals surface area (Å²) >= 11 is 0. The third-order valence-electron chi connectivity index (χ3n) is 4.15. The summed E-state index contributed by atoms with van der Waals surface area (Å²) in [5.74, 6) is 1.38. The standard InChI is InChI=1S/C14H25NO/c16-14-8-10-15(11-9-14)12-13-6-4-2-1-3-5-7-13/h13H,1-12H2. The van der Waals surface area contributed by atoms with Crippen molar-refractivity contribution in [1.29, 1.82) is 0 Å². The monoisotopic (exact) mass is 223 g/mol. The van der Waals surface area contributed by atoms with Gasteiger partial charge in [0.1, 0.15) is 5.78 Å². The van der Waals surface area contributed by atoms with Gasteiger partial charge in [0, 0.05) is 32.5 Å². The molecule has 0 aromatic rings. The van der Waals surface area contributed by atoms with Crippen molar-refractivity contribution in [1.82, 2.24) is 4.90 Å². The molecular weight excluding hydrogens is 198 g/mol. The number of hydrogen-bond donors (Lipinski definition) is 0. The number of carbonyl (C=O) groups is 1. The fourth-order valence-electron chi connectivity index (χ4n) is 3.07. The first-order valence-electron chi connectivity index (χ1n) is 7.08. The lowest BCUT2D eigenvalue weighted by Gasteiger charge is -2.30. The first-order valence-corrected chi connectivity index (χ1v) is 7.08. The van der Waals surface area contributed by atoms with Crippen molar-refractivity contribution in [3.8, 4) is 0 Å². The van der Waals surface area contributed by atoms with E-state index in [1.165, 1.54) is 51.5 Å². The van der Waals surface area contributed by atoms with E-state index in [1.54, 1.807) is 0 Å². The molecule has 0 N–H and O–H groups in total. The highest BCUT2D eigenvalue weighted by molar-refractivity contribution is 5.79. The molecule has 0 radical (unpaired) electrons. The normalized spacial score (nSPS) is 26.4. The molecule has 2 rings (SSSR count). The maximum Gasteiger partial charge on any atom is 0.135 e. The second-order valence-corrected chi connectivity index (χ2v) is 5.55. The molecule has 2 heteroatoms. The van der Waals surface area contributed by atoms with Crippen molar-refractivity contribution in [3.63, 3.8) is 0 Å². The van der Waals surface area contributed by atoms with E-state index in [-0.39, 0.29) is 0 Å². The Morgan fingerprint density at radius 3 is 2.12 bits per heavy atom. The Hall–Kier alpha value is -0.370. The summed E-state index contributed by atoms with van der Waals surface area (Å²) in [5, 5.41) is 0. The average Bonchev–Trinajstić information content (AvgIpc) is 2.25. The molecule has 0 unspecified atom stereocenters. The summed E-state index contributed by atoms with van der Waals surface area (Å²) in [7, 11) is 0. The van der Waals surface area contributed by atoms with E-state index < -0.39 is 0 Å².